The molecule has 4 aliphatic rings. The zero-order valence-corrected chi connectivity index (χ0v) is 37.4. The van der Waals surface area contributed by atoms with Gasteiger partial charge in [0.1, 0.15) is 0 Å². The molecule has 0 aromatic heterocycles. The number of allylic oxidation sites excluding steroid dienone is 11. The second kappa shape index (κ2) is 16.5. The third kappa shape index (κ3) is 6.60. The lowest BCUT2D eigenvalue weighted by molar-refractivity contribution is 0.814. The van der Waals surface area contributed by atoms with Gasteiger partial charge < -0.3 is 4.90 Å². The molecular formula is C66H49N. The van der Waals surface area contributed by atoms with Crippen LogP contribution >= 0.6 is 0 Å². The van der Waals surface area contributed by atoms with Gasteiger partial charge >= 0.3 is 0 Å². The van der Waals surface area contributed by atoms with E-state index in [0.717, 1.165) is 19.3 Å². The second-order valence-electron chi connectivity index (χ2n) is 18.5. The van der Waals surface area contributed by atoms with Gasteiger partial charge in [-0.1, -0.05) is 225 Å². The predicted octanol–water partition coefficient (Wildman–Crippen LogP) is 15.8. The van der Waals surface area contributed by atoms with Gasteiger partial charge in [0, 0.05) is 40.1 Å². The van der Waals surface area contributed by atoms with Gasteiger partial charge in [-0.3, -0.25) is 0 Å². The van der Waals surface area contributed by atoms with Gasteiger partial charge in [0.25, 0.3) is 0 Å². The molecule has 67 heavy (non-hydrogen) atoms. The van der Waals surface area contributed by atoms with Crippen LogP contribution in [0, 0.1) is 5.92 Å². The van der Waals surface area contributed by atoms with E-state index in [2.05, 4.69) is 248 Å². The van der Waals surface area contributed by atoms with E-state index >= 15 is 0 Å². The van der Waals surface area contributed by atoms with Gasteiger partial charge in [0.2, 0.25) is 0 Å². The third-order valence-electron chi connectivity index (χ3n) is 14.8. The topological polar surface area (TPSA) is 3.24 Å². The van der Waals surface area contributed by atoms with Crippen molar-refractivity contribution in [1.82, 2.24) is 0 Å². The molecule has 318 valence electrons. The fourth-order valence-corrected chi connectivity index (χ4v) is 11.9. The van der Waals surface area contributed by atoms with Crippen molar-refractivity contribution in [3.63, 3.8) is 0 Å². The van der Waals surface area contributed by atoms with Crippen LogP contribution in [-0.4, -0.2) is 0 Å². The quantitative estimate of drug-likeness (QED) is 0.144. The molecule has 9 aromatic carbocycles. The molecule has 0 saturated heterocycles. The summed E-state index contributed by atoms with van der Waals surface area (Å²) in [6.45, 7) is 0. The van der Waals surface area contributed by atoms with Gasteiger partial charge in [0.15, 0.2) is 0 Å². The molecule has 0 aliphatic heterocycles. The van der Waals surface area contributed by atoms with Gasteiger partial charge in [-0.2, -0.15) is 0 Å². The van der Waals surface area contributed by atoms with Crippen molar-refractivity contribution in [3.05, 3.63) is 270 Å². The molecule has 1 nitrogen and oxygen atoms in total. The molecular weight excluding hydrogens is 807 g/mol. The summed E-state index contributed by atoms with van der Waals surface area (Å²) in [6.07, 6.45) is 28.4. The molecule has 1 heteroatoms. The predicted molar refractivity (Wildman–Crippen MR) is 285 cm³/mol. The summed E-state index contributed by atoms with van der Waals surface area (Å²) in [5.41, 5.74) is 13.1. The Kier molecular flexibility index (Phi) is 9.67. The van der Waals surface area contributed by atoms with Crippen molar-refractivity contribution < 1.29 is 0 Å². The van der Waals surface area contributed by atoms with Crippen molar-refractivity contribution in [1.29, 1.82) is 0 Å². The molecule has 3 unspecified atom stereocenters. The largest absolute Gasteiger partial charge is 0.314 e. The van der Waals surface area contributed by atoms with Gasteiger partial charge in [-0.05, 0) is 125 Å². The second-order valence-corrected chi connectivity index (χ2v) is 18.5. The van der Waals surface area contributed by atoms with Gasteiger partial charge in [-0.15, -0.1) is 0 Å². The Balaban J connectivity index is 0.960. The minimum atomic E-state index is 0.215. The number of hydrogen-bond acceptors (Lipinski definition) is 1. The fourth-order valence-electron chi connectivity index (χ4n) is 11.9. The van der Waals surface area contributed by atoms with Crippen LogP contribution in [0.25, 0.3) is 76.6 Å². The third-order valence-corrected chi connectivity index (χ3v) is 14.8. The van der Waals surface area contributed by atoms with Crippen LogP contribution in [0.1, 0.15) is 42.2 Å². The summed E-state index contributed by atoms with van der Waals surface area (Å²) in [7, 11) is 0. The van der Waals surface area contributed by atoms with E-state index in [4.69, 9.17) is 0 Å². The lowest BCUT2D eigenvalue weighted by Gasteiger charge is -2.35. The molecule has 0 bridgehead atoms. The number of nitrogens with zero attached hydrogens (tertiary/aromatic N) is 1. The van der Waals surface area contributed by atoms with E-state index in [9.17, 15) is 0 Å². The first kappa shape index (κ1) is 39.4. The van der Waals surface area contributed by atoms with Crippen LogP contribution in [-0.2, 0) is 0 Å². The fraction of sp³-hybridized carbons (Fsp3) is 0.0909. The van der Waals surface area contributed by atoms with Gasteiger partial charge in [-0.25, -0.2) is 0 Å². The zero-order valence-electron chi connectivity index (χ0n) is 37.4. The van der Waals surface area contributed by atoms with Crippen molar-refractivity contribution >= 4 is 60.0 Å². The Morgan fingerprint density at radius 3 is 1.42 bits per heavy atom. The number of rotatable bonds is 7. The molecule has 0 saturated carbocycles. The molecule has 9 aromatic rings. The number of anilines is 1. The zero-order chi connectivity index (χ0) is 44.3. The maximum atomic E-state index is 2.58. The first-order valence-electron chi connectivity index (χ1n) is 24.0. The summed E-state index contributed by atoms with van der Waals surface area (Å²) in [4.78, 5) is 2.58. The Labute approximate surface area is 392 Å². The smallest absolute Gasteiger partial charge is 0.0458 e. The van der Waals surface area contributed by atoms with Crippen molar-refractivity contribution in [3.8, 4) is 22.3 Å². The number of hydrogen-bond donors (Lipinski definition) is 0. The molecule has 0 heterocycles. The molecule has 0 fully saturated rings. The van der Waals surface area contributed by atoms with E-state index in [1.807, 2.05) is 0 Å². The maximum Gasteiger partial charge on any atom is 0.0458 e. The highest BCUT2D eigenvalue weighted by atomic mass is 15.2. The number of fused-ring (bicyclic) bond motifs is 6. The normalized spacial score (nSPS) is 18.4. The van der Waals surface area contributed by atoms with E-state index in [-0.39, 0.29) is 5.92 Å². The first-order valence-corrected chi connectivity index (χ1v) is 24.0. The standard InChI is InChI=1S/C66H49N/c1-3-19-44(20-4-1)63-54-27-11-15-31-58(54)65(59-32-16-12-28-55(59)63)46-35-39-49(40-36-46)67(62-43-48-23-7-8-24-51(48)52-25-9-10-26-53(52)62)50-41-37-47(38-42-50)66-60-33-17-13-29-56(60)64(45-21-5-2-6-22-45)57-30-14-18-34-61(57)66/h1-21,23-35,37-42,45-46,48H,22,36,43H2. The molecule has 0 amide bonds. The lowest BCUT2D eigenvalue weighted by Crippen LogP contribution is -2.40. The maximum absolute atomic E-state index is 2.58. The Morgan fingerprint density at radius 1 is 0.373 bits per heavy atom. The van der Waals surface area contributed by atoms with Crippen LogP contribution in [0.4, 0.5) is 5.69 Å². The molecule has 0 spiro atoms. The van der Waals surface area contributed by atoms with Crippen molar-refractivity contribution in [2.45, 2.75) is 31.1 Å². The molecule has 13 rings (SSSR count). The molecule has 0 radical (unpaired) electrons. The first-order chi connectivity index (χ1) is 33.3. The molecule has 3 atom stereocenters. The summed E-state index contributed by atoms with van der Waals surface area (Å²) in [5.74, 6) is 0.867. The average Bonchev–Trinajstić information content (AvgIpc) is 3.40. The van der Waals surface area contributed by atoms with Gasteiger partial charge in [0.05, 0.1) is 0 Å². The monoisotopic (exact) mass is 855 g/mol. The minimum Gasteiger partial charge on any atom is -0.314 e. The molecule has 0 N–H and O–H groups in total. The average molecular weight is 856 g/mol. The van der Waals surface area contributed by atoms with Crippen LogP contribution in [0.5, 0.6) is 0 Å². The van der Waals surface area contributed by atoms with Crippen molar-refractivity contribution in [2.24, 2.45) is 5.92 Å². The lowest BCUT2D eigenvalue weighted by atomic mass is 9.81. The Morgan fingerprint density at radius 2 is 0.866 bits per heavy atom. The van der Waals surface area contributed by atoms with E-state index in [1.165, 1.54) is 110 Å². The van der Waals surface area contributed by atoms with Crippen LogP contribution in [0.2, 0.25) is 0 Å². The highest BCUT2D eigenvalue weighted by Gasteiger charge is 2.29. The van der Waals surface area contributed by atoms with Crippen molar-refractivity contribution in [2.75, 3.05) is 4.90 Å². The SMILES string of the molecule is C1=CCC(c2c3ccccc3c(-c3ccc(N(C4=CCC(c5c6ccccc6c(-c6ccccc6)c6ccccc56)C=C4)C4=c5ccccc5=C5C=CC=CC5C4)cc3)c3ccccc23)C=C1. The number of benzene rings is 9. The Bertz CT molecular complexity index is 3670. The highest BCUT2D eigenvalue weighted by Crippen LogP contribution is 2.47. The minimum absolute atomic E-state index is 0.215. The van der Waals surface area contributed by atoms with E-state index in [1.54, 1.807) is 0 Å². The van der Waals surface area contributed by atoms with Crippen LogP contribution in [0.3, 0.4) is 0 Å². The molecule has 4 aliphatic carbocycles. The summed E-state index contributed by atoms with van der Waals surface area (Å²) >= 11 is 0. The summed E-state index contributed by atoms with van der Waals surface area (Å²) in [6, 6.07) is 65.7. The van der Waals surface area contributed by atoms with Crippen LogP contribution < -0.4 is 15.3 Å². The van der Waals surface area contributed by atoms with Crippen LogP contribution in [0.15, 0.2) is 248 Å². The highest BCUT2D eigenvalue weighted by molar-refractivity contribution is 6.17. The van der Waals surface area contributed by atoms with E-state index in [0.29, 0.717) is 11.8 Å². The van der Waals surface area contributed by atoms with E-state index < -0.39 is 0 Å². The summed E-state index contributed by atoms with van der Waals surface area (Å²) in [5, 5.41) is 13.2. The Hall–Kier alpha value is -8.00. The summed E-state index contributed by atoms with van der Waals surface area (Å²) < 4.78 is 0.